The summed E-state index contributed by atoms with van der Waals surface area (Å²) in [5.41, 5.74) is 1.41. The third kappa shape index (κ3) is 5.25. The van der Waals surface area contributed by atoms with Crippen LogP contribution in [0, 0.1) is 11.7 Å². The molecule has 0 bridgehead atoms. The number of Topliss-reactive ketones (excluding diaryl/α,β-unsaturated/α-hetero) is 1. The number of halogens is 1. The van der Waals surface area contributed by atoms with E-state index < -0.39 is 0 Å². The zero-order chi connectivity index (χ0) is 14.4. The lowest BCUT2D eigenvalue weighted by molar-refractivity contribution is -0.122. The van der Waals surface area contributed by atoms with Gasteiger partial charge in [0.25, 0.3) is 0 Å². The number of hydrogen-bond acceptors (Lipinski definition) is 2. The molecule has 3 heteroatoms. The molecule has 2 nitrogen and oxygen atoms in total. The van der Waals surface area contributed by atoms with Crippen molar-refractivity contribution in [3.8, 4) is 0 Å². The molecule has 0 radical (unpaired) electrons. The molecule has 1 rings (SSSR count). The van der Waals surface area contributed by atoms with Crippen LogP contribution in [0.5, 0.6) is 0 Å². The molecule has 104 valence electrons. The predicted molar refractivity (Wildman–Crippen MR) is 76.3 cm³/mol. The van der Waals surface area contributed by atoms with Crippen LogP contribution in [0.4, 0.5) is 4.39 Å². The summed E-state index contributed by atoms with van der Waals surface area (Å²) in [6.45, 7) is 9.39. The minimum absolute atomic E-state index is 0.00459. The van der Waals surface area contributed by atoms with E-state index in [9.17, 15) is 9.18 Å². The fourth-order valence-electron chi connectivity index (χ4n) is 1.93. The van der Waals surface area contributed by atoms with Crippen molar-refractivity contribution in [1.82, 2.24) is 5.32 Å². The SMILES string of the molecule is C=C(C)N[C@@H](CC(=O)C(C)C)Cc1ccccc1F. The fourth-order valence-corrected chi connectivity index (χ4v) is 1.93. The van der Waals surface area contributed by atoms with Crippen LogP contribution in [-0.2, 0) is 11.2 Å². The molecule has 0 fully saturated rings. The molecule has 1 N–H and O–H groups in total. The number of hydrogen-bond donors (Lipinski definition) is 1. The molecule has 0 heterocycles. The van der Waals surface area contributed by atoms with Crippen molar-refractivity contribution in [2.24, 2.45) is 5.92 Å². The summed E-state index contributed by atoms with van der Waals surface area (Å²) >= 11 is 0. The van der Waals surface area contributed by atoms with Gasteiger partial charge in [-0.25, -0.2) is 4.39 Å². The van der Waals surface area contributed by atoms with Gasteiger partial charge in [-0.15, -0.1) is 0 Å². The lowest BCUT2D eigenvalue weighted by atomic mass is 9.96. The first-order chi connectivity index (χ1) is 8.90. The Morgan fingerprint density at radius 1 is 1.37 bits per heavy atom. The average Bonchev–Trinajstić information content (AvgIpc) is 2.31. The Hall–Kier alpha value is -1.64. The highest BCUT2D eigenvalue weighted by Crippen LogP contribution is 2.13. The molecule has 1 aromatic rings. The molecular formula is C16H22FNO. The highest BCUT2D eigenvalue weighted by Gasteiger charge is 2.17. The van der Waals surface area contributed by atoms with E-state index in [1.54, 1.807) is 18.2 Å². The van der Waals surface area contributed by atoms with Crippen molar-refractivity contribution in [2.45, 2.75) is 39.7 Å². The van der Waals surface area contributed by atoms with Crippen LogP contribution in [0.2, 0.25) is 0 Å². The van der Waals surface area contributed by atoms with Gasteiger partial charge < -0.3 is 5.32 Å². The van der Waals surface area contributed by atoms with Crippen molar-refractivity contribution in [2.75, 3.05) is 0 Å². The van der Waals surface area contributed by atoms with Crippen molar-refractivity contribution in [1.29, 1.82) is 0 Å². The van der Waals surface area contributed by atoms with Gasteiger partial charge in [0.2, 0.25) is 0 Å². The van der Waals surface area contributed by atoms with Gasteiger partial charge in [0, 0.05) is 24.1 Å². The molecular weight excluding hydrogens is 241 g/mol. The fraction of sp³-hybridized carbons (Fsp3) is 0.438. The van der Waals surface area contributed by atoms with Crippen LogP contribution in [0.1, 0.15) is 32.8 Å². The summed E-state index contributed by atoms with van der Waals surface area (Å²) in [5, 5.41) is 3.16. The third-order valence-electron chi connectivity index (χ3n) is 2.97. The number of carbonyl (C=O) groups excluding carboxylic acids is 1. The summed E-state index contributed by atoms with van der Waals surface area (Å²) in [6.07, 6.45) is 0.872. The quantitative estimate of drug-likeness (QED) is 0.816. The number of nitrogens with one attached hydrogen (secondary N) is 1. The van der Waals surface area contributed by atoms with Gasteiger partial charge in [0.1, 0.15) is 11.6 Å². The van der Waals surface area contributed by atoms with Crippen LogP contribution in [0.3, 0.4) is 0 Å². The second-order valence-corrected chi connectivity index (χ2v) is 5.24. The van der Waals surface area contributed by atoms with E-state index in [1.807, 2.05) is 20.8 Å². The van der Waals surface area contributed by atoms with Gasteiger partial charge in [-0.2, -0.15) is 0 Å². The Bertz CT molecular complexity index is 454. The van der Waals surface area contributed by atoms with Crippen LogP contribution in [0.25, 0.3) is 0 Å². The van der Waals surface area contributed by atoms with E-state index in [2.05, 4.69) is 11.9 Å². The molecule has 19 heavy (non-hydrogen) atoms. The zero-order valence-electron chi connectivity index (χ0n) is 11.9. The average molecular weight is 263 g/mol. The number of benzene rings is 1. The molecule has 0 amide bonds. The Morgan fingerprint density at radius 3 is 2.53 bits per heavy atom. The first kappa shape index (κ1) is 15.4. The second-order valence-electron chi connectivity index (χ2n) is 5.24. The Balaban J connectivity index is 2.77. The molecule has 1 atom stereocenters. The summed E-state index contributed by atoms with van der Waals surface area (Å²) < 4.78 is 13.6. The molecule has 0 aliphatic rings. The zero-order valence-corrected chi connectivity index (χ0v) is 11.9. The second kappa shape index (κ2) is 7.07. The van der Waals surface area contributed by atoms with Gasteiger partial charge >= 0.3 is 0 Å². The summed E-state index contributed by atoms with van der Waals surface area (Å²) in [6, 6.07) is 6.56. The van der Waals surface area contributed by atoms with Crippen molar-refractivity contribution < 1.29 is 9.18 Å². The number of allylic oxidation sites excluding steroid dienone is 1. The normalized spacial score (nSPS) is 12.3. The molecule has 0 aliphatic carbocycles. The molecule has 0 aromatic heterocycles. The summed E-state index contributed by atoms with van der Waals surface area (Å²) in [5.74, 6) is -0.0573. The minimum Gasteiger partial charge on any atom is -0.386 e. The standard InChI is InChI=1S/C16H22FNO/c1-11(2)16(19)10-14(18-12(3)4)9-13-7-5-6-8-15(13)17/h5-8,11,14,18H,3,9-10H2,1-2,4H3/t14-/m1/s1. The Labute approximate surface area is 114 Å². The molecule has 0 aliphatic heterocycles. The van der Waals surface area contributed by atoms with E-state index in [0.29, 0.717) is 18.4 Å². The number of rotatable bonds is 7. The summed E-state index contributed by atoms with van der Waals surface area (Å²) in [4.78, 5) is 11.8. The van der Waals surface area contributed by atoms with Crippen LogP contribution in [-0.4, -0.2) is 11.8 Å². The van der Waals surface area contributed by atoms with E-state index in [1.165, 1.54) is 6.07 Å². The van der Waals surface area contributed by atoms with Crippen molar-refractivity contribution >= 4 is 5.78 Å². The number of ketones is 1. The van der Waals surface area contributed by atoms with Crippen LogP contribution in [0.15, 0.2) is 36.5 Å². The third-order valence-corrected chi connectivity index (χ3v) is 2.97. The van der Waals surface area contributed by atoms with Crippen LogP contribution >= 0.6 is 0 Å². The Morgan fingerprint density at radius 2 is 2.00 bits per heavy atom. The summed E-state index contributed by atoms with van der Waals surface area (Å²) in [7, 11) is 0. The van der Waals surface area contributed by atoms with E-state index in [4.69, 9.17) is 0 Å². The smallest absolute Gasteiger partial charge is 0.137 e. The van der Waals surface area contributed by atoms with Crippen LogP contribution < -0.4 is 5.32 Å². The first-order valence-electron chi connectivity index (χ1n) is 6.58. The lowest BCUT2D eigenvalue weighted by Crippen LogP contribution is -2.33. The first-order valence-corrected chi connectivity index (χ1v) is 6.58. The van der Waals surface area contributed by atoms with Crippen molar-refractivity contribution in [3.05, 3.63) is 47.9 Å². The van der Waals surface area contributed by atoms with E-state index >= 15 is 0 Å². The van der Waals surface area contributed by atoms with E-state index in [-0.39, 0.29) is 23.6 Å². The van der Waals surface area contributed by atoms with Gasteiger partial charge in [-0.1, -0.05) is 38.6 Å². The maximum absolute atomic E-state index is 13.6. The highest BCUT2D eigenvalue weighted by molar-refractivity contribution is 5.80. The minimum atomic E-state index is -0.229. The molecule has 1 aromatic carbocycles. The number of carbonyl (C=O) groups is 1. The molecule has 0 saturated carbocycles. The highest BCUT2D eigenvalue weighted by atomic mass is 19.1. The van der Waals surface area contributed by atoms with Gasteiger partial charge in [-0.05, 0) is 25.0 Å². The monoisotopic (exact) mass is 263 g/mol. The van der Waals surface area contributed by atoms with Gasteiger partial charge in [0.15, 0.2) is 0 Å². The van der Waals surface area contributed by atoms with Gasteiger partial charge in [0.05, 0.1) is 0 Å². The maximum Gasteiger partial charge on any atom is 0.137 e. The van der Waals surface area contributed by atoms with Crippen molar-refractivity contribution in [3.63, 3.8) is 0 Å². The maximum atomic E-state index is 13.6. The largest absolute Gasteiger partial charge is 0.386 e. The predicted octanol–water partition coefficient (Wildman–Crippen LogP) is 3.48. The molecule has 0 spiro atoms. The van der Waals surface area contributed by atoms with E-state index in [0.717, 1.165) is 5.70 Å². The van der Waals surface area contributed by atoms with Gasteiger partial charge in [-0.3, -0.25) is 4.79 Å². The molecule has 0 saturated heterocycles. The molecule has 0 unspecified atom stereocenters. The topological polar surface area (TPSA) is 29.1 Å². The lowest BCUT2D eigenvalue weighted by Gasteiger charge is -2.20. The Kier molecular flexibility index (Phi) is 5.74.